The van der Waals surface area contributed by atoms with Crippen molar-refractivity contribution in [3.05, 3.63) is 71.2 Å². The molecule has 3 aromatic rings. The summed E-state index contributed by atoms with van der Waals surface area (Å²) in [7, 11) is 1.87. The lowest BCUT2D eigenvalue weighted by Gasteiger charge is -2.36. The fourth-order valence-electron chi connectivity index (χ4n) is 4.22. The van der Waals surface area contributed by atoms with Crippen molar-refractivity contribution in [2.45, 2.75) is 32.4 Å². The molecule has 0 atom stereocenters. The Hall–Kier alpha value is -2.66. The third kappa shape index (κ3) is 3.67. The van der Waals surface area contributed by atoms with Crippen LogP contribution < -0.4 is 0 Å². The maximum Gasteiger partial charge on any atom is 0.256 e. The first-order chi connectivity index (χ1) is 13.5. The molecule has 1 N–H and O–H groups in total. The van der Waals surface area contributed by atoms with Crippen LogP contribution in [0.2, 0.25) is 0 Å². The van der Waals surface area contributed by atoms with Gasteiger partial charge in [0.1, 0.15) is 5.82 Å². The number of nitrogens with one attached hydrogen (secondary N) is 1. The van der Waals surface area contributed by atoms with Gasteiger partial charge in [0.2, 0.25) is 0 Å². The molecule has 2 heterocycles. The van der Waals surface area contributed by atoms with E-state index in [1.165, 1.54) is 17.7 Å². The van der Waals surface area contributed by atoms with Crippen LogP contribution in [0.3, 0.4) is 0 Å². The topological polar surface area (TPSA) is 39.3 Å². The molecule has 146 valence electrons. The Labute approximate surface area is 165 Å². The number of carbonyl (C=O) groups is 1. The van der Waals surface area contributed by atoms with Crippen LogP contribution in [0.4, 0.5) is 4.39 Å². The minimum Gasteiger partial charge on any atom is -0.358 e. The van der Waals surface area contributed by atoms with Crippen LogP contribution in [-0.2, 0) is 6.54 Å². The molecule has 0 radical (unpaired) electrons. The molecule has 0 aliphatic carbocycles. The van der Waals surface area contributed by atoms with Crippen LogP contribution in [-0.4, -0.2) is 46.9 Å². The molecule has 0 bridgehead atoms. The number of rotatable bonds is 4. The molecule has 0 unspecified atom stereocenters. The minimum absolute atomic E-state index is 0.0316. The number of fused-ring (bicyclic) bond motifs is 1. The van der Waals surface area contributed by atoms with Crippen molar-refractivity contribution in [3.8, 4) is 0 Å². The van der Waals surface area contributed by atoms with E-state index in [2.05, 4.69) is 34.1 Å². The van der Waals surface area contributed by atoms with E-state index in [4.69, 9.17) is 0 Å². The van der Waals surface area contributed by atoms with Gasteiger partial charge in [-0.3, -0.25) is 9.69 Å². The number of carbonyl (C=O) groups excluding carboxylic acids is 1. The zero-order chi connectivity index (χ0) is 19.7. The molecule has 0 spiro atoms. The van der Waals surface area contributed by atoms with Gasteiger partial charge in [-0.05, 0) is 43.5 Å². The van der Waals surface area contributed by atoms with E-state index in [-0.39, 0.29) is 17.8 Å². The normalized spacial score (nSPS) is 15.8. The van der Waals surface area contributed by atoms with Crippen molar-refractivity contribution in [1.29, 1.82) is 0 Å². The molecule has 1 saturated heterocycles. The number of aromatic amines is 1. The van der Waals surface area contributed by atoms with Gasteiger partial charge in [-0.1, -0.05) is 30.3 Å². The molecule has 2 aromatic carbocycles. The van der Waals surface area contributed by atoms with Crippen molar-refractivity contribution in [1.82, 2.24) is 14.8 Å². The van der Waals surface area contributed by atoms with Gasteiger partial charge in [-0.25, -0.2) is 4.39 Å². The number of piperidine rings is 1. The number of aromatic nitrogens is 1. The highest BCUT2D eigenvalue weighted by molar-refractivity contribution is 6.08. The van der Waals surface area contributed by atoms with E-state index >= 15 is 0 Å². The van der Waals surface area contributed by atoms with Crippen LogP contribution in [0.1, 0.15) is 34.5 Å². The van der Waals surface area contributed by atoms with Gasteiger partial charge in [-0.2, -0.15) is 0 Å². The molecule has 0 saturated carbocycles. The largest absolute Gasteiger partial charge is 0.358 e. The van der Waals surface area contributed by atoms with Crippen molar-refractivity contribution in [2.75, 3.05) is 20.1 Å². The van der Waals surface area contributed by atoms with Crippen LogP contribution in [0, 0.1) is 12.7 Å². The monoisotopic (exact) mass is 379 g/mol. The SMILES string of the molecule is Cc1[nH]c2ccc(F)cc2c1C(=O)N(C)C1CCN(Cc2ccccc2)CC1. The summed E-state index contributed by atoms with van der Waals surface area (Å²) >= 11 is 0. The van der Waals surface area contributed by atoms with Gasteiger partial charge in [0.25, 0.3) is 5.91 Å². The molecular formula is C23H26FN3O. The second kappa shape index (κ2) is 7.76. The minimum atomic E-state index is -0.322. The van der Waals surface area contributed by atoms with E-state index in [1.54, 1.807) is 6.07 Å². The van der Waals surface area contributed by atoms with Crippen molar-refractivity contribution in [3.63, 3.8) is 0 Å². The highest BCUT2D eigenvalue weighted by Gasteiger charge is 2.28. The quantitative estimate of drug-likeness (QED) is 0.732. The summed E-state index contributed by atoms with van der Waals surface area (Å²) in [5.41, 5.74) is 3.50. The Morgan fingerprint density at radius 1 is 1.18 bits per heavy atom. The lowest BCUT2D eigenvalue weighted by atomic mass is 10.0. The van der Waals surface area contributed by atoms with Gasteiger partial charge < -0.3 is 9.88 Å². The molecule has 1 aliphatic heterocycles. The summed E-state index contributed by atoms with van der Waals surface area (Å²) in [5.74, 6) is -0.353. The maximum atomic E-state index is 13.7. The van der Waals surface area contributed by atoms with E-state index in [0.29, 0.717) is 10.9 Å². The number of hydrogen-bond acceptors (Lipinski definition) is 2. The number of benzene rings is 2. The first kappa shape index (κ1) is 18.7. The average Bonchev–Trinajstić information content (AvgIpc) is 3.03. The summed E-state index contributed by atoms with van der Waals surface area (Å²) in [6.07, 6.45) is 1.90. The number of amides is 1. The Morgan fingerprint density at radius 3 is 2.61 bits per heavy atom. The zero-order valence-corrected chi connectivity index (χ0v) is 16.4. The Bertz CT molecular complexity index is 974. The summed E-state index contributed by atoms with van der Waals surface area (Å²) < 4.78 is 13.7. The molecule has 28 heavy (non-hydrogen) atoms. The summed E-state index contributed by atoms with van der Waals surface area (Å²) in [5, 5.41) is 0.663. The predicted octanol–water partition coefficient (Wildman–Crippen LogP) is 4.35. The van der Waals surface area contributed by atoms with E-state index in [1.807, 2.05) is 24.9 Å². The molecule has 1 aromatic heterocycles. The molecule has 4 nitrogen and oxygen atoms in total. The van der Waals surface area contributed by atoms with Crippen molar-refractivity contribution in [2.24, 2.45) is 0 Å². The first-order valence-corrected chi connectivity index (χ1v) is 9.84. The predicted molar refractivity (Wildman–Crippen MR) is 110 cm³/mol. The van der Waals surface area contributed by atoms with Gasteiger partial charge in [0, 0.05) is 49.3 Å². The summed E-state index contributed by atoms with van der Waals surface area (Å²) in [6, 6.07) is 15.2. The van der Waals surface area contributed by atoms with Gasteiger partial charge in [0.15, 0.2) is 0 Å². The number of aryl methyl sites for hydroxylation is 1. The average molecular weight is 379 g/mol. The Kier molecular flexibility index (Phi) is 5.18. The standard InChI is InChI=1S/C23H26FN3O/c1-16-22(20-14-18(24)8-9-21(20)25-16)23(28)26(2)19-10-12-27(13-11-19)15-17-6-4-3-5-7-17/h3-9,14,19,25H,10-13,15H2,1-2H3. The molecule has 1 amide bonds. The van der Waals surface area contributed by atoms with Gasteiger partial charge in [-0.15, -0.1) is 0 Å². The maximum absolute atomic E-state index is 13.7. The lowest BCUT2D eigenvalue weighted by Crippen LogP contribution is -2.45. The second-order valence-electron chi connectivity index (χ2n) is 7.72. The molecule has 1 fully saturated rings. The van der Waals surface area contributed by atoms with Crippen LogP contribution in [0.5, 0.6) is 0 Å². The number of halogens is 1. The number of nitrogens with zero attached hydrogens (tertiary/aromatic N) is 2. The lowest BCUT2D eigenvalue weighted by molar-refractivity contribution is 0.0637. The highest BCUT2D eigenvalue weighted by atomic mass is 19.1. The molecule has 1 aliphatic rings. The molecule has 4 rings (SSSR count). The number of likely N-dealkylation sites (tertiary alicyclic amines) is 1. The summed E-state index contributed by atoms with van der Waals surface area (Å²) in [6.45, 7) is 4.77. The zero-order valence-electron chi connectivity index (χ0n) is 16.4. The molecule has 5 heteroatoms. The van der Waals surface area contributed by atoms with E-state index in [9.17, 15) is 9.18 Å². The van der Waals surface area contributed by atoms with Crippen LogP contribution in [0.25, 0.3) is 10.9 Å². The van der Waals surface area contributed by atoms with Gasteiger partial charge >= 0.3 is 0 Å². The van der Waals surface area contributed by atoms with E-state index in [0.717, 1.165) is 43.7 Å². The third-order valence-corrected chi connectivity index (χ3v) is 5.84. The fraction of sp³-hybridized carbons (Fsp3) is 0.348. The number of hydrogen-bond donors (Lipinski definition) is 1. The fourth-order valence-corrected chi connectivity index (χ4v) is 4.22. The first-order valence-electron chi connectivity index (χ1n) is 9.84. The highest BCUT2D eigenvalue weighted by Crippen LogP contribution is 2.26. The van der Waals surface area contributed by atoms with Crippen LogP contribution >= 0.6 is 0 Å². The smallest absolute Gasteiger partial charge is 0.256 e. The molecular weight excluding hydrogens is 353 g/mol. The Balaban J connectivity index is 1.44. The van der Waals surface area contributed by atoms with Crippen LogP contribution in [0.15, 0.2) is 48.5 Å². The van der Waals surface area contributed by atoms with Gasteiger partial charge in [0.05, 0.1) is 5.56 Å². The van der Waals surface area contributed by atoms with Crippen molar-refractivity contribution >= 4 is 16.8 Å². The summed E-state index contributed by atoms with van der Waals surface area (Å²) in [4.78, 5) is 20.7. The van der Waals surface area contributed by atoms with Crippen molar-refractivity contribution < 1.29 is 9.18 Å². The van der Waals surface area contributed by atoms with E-state index < -0.39 is 0 Å². The second-order valence-corrected chi connectivity index (χ2v) is 7.72. The Morgan fingerprint density at radius 2 is 1.89 bits per heavy atom. The number of H-pyrrole nitrogens is 1. The third-order valence-electron chi connectivity index (χ3n) is 5.84.